The molecule has 0 saturated carbocycles. The van der Waals surface area contributed by atoms with Gasteiger partial charge >= 0.3 is 0 Å². The minimum absolute atomic E-state index is 0.285. The summed E-state index contributed by atoms with van der Waals surface area (Å²) in [5.74, 6) is 0.854. The number of phenols is 1. The predicted octanol–water partition coefficient (Wildman–Crippen LogP) is 7.31. The summed E-state index contributed by atoms with van der Waals surface area (Å²) in [5.41, 5.74) is 2.16. The van der Waals surface area contributed by atoms with Gasteiger partial charge in [0, 0.05) is 5.39 Å². The predicted molar refractivity (Wildman–Crippen MR) is 116 cm³/mol. The summed E-state index contributed by atoms with van der Waals surface area (Å²) in [4.78, 5) is 0. The zero-order valence-electron chi connectivity index (χ0n) is 17.5. The van der Waals surface area contributed by atoms with Gasteiger partial charge in [0.2, 0.25) is 0 Å². The van der Waals surface area contributed by atoms with Crippen LogP contribution in [0.4, 0.5) is 0 Å². The molecule has 2 nitrogen and oxygen atoms in total. The van der Waals surface area contributed by atoms with Crippen LogP contribution >= 0.6 is 0 Å². The van der Waals surface area contributed by atoms with Gasteiger partial charge in [-0.2, -0.15) is 0 Å². The molecule has 2 aromatic carbocycles. The van der Waals surface area contributed by atoms with Crippen molar-refractivity contribution in [1.82, 2.24) is 0 Å². The molecule has 0 aliphatic rings. The minimum atomic E-state index is -0.498. The van der Waals surface area contributed by atoms with E-state index in [-0.39, 0.29) is 5.75 Å². The van der Waals surface area contributed by atoms with E-state index in [1.54, 1.807) is 0 Å². The van der Waals surface area contributed by atoms with Gasteiger partial charge in [0.15, 0.2) is 0 Å². The van der Waals surface area contributed by atoms with Crippen molar-refractivity contribution in [2.24, 2.45) is 5.92 Å². The molecule has 0 bridgehead atoms. The van der Waals surface area contributed by atoms with E-state index >= 15 is 0 Å². The van der Waals surface area contributed by atoms with Crippen LogP contribution in [0.15, 0.2) is 30.3 Å². The number of hydrogen-bond acceptors (Lipinski definition) is 2. The molecule has 150 valence electrons. The number of hydrogen-bond donors (Lipinski definition) is 2. The summed E-state index contributed by atoms with van der Waals surface area (Å²) in [6.45, 7) is 6.62. The fourth-order valence-corrected chi connectivity index (χ4v) is 3.92. The summed E-state index contributed by atoms with van der Waals surface area (Å²) in [7, 11) is 0. The first-order valence-corrected chi connectivity index (χ1v) is 11.0. The molecule has 0 aromatic heterocycles. The van der Waals surface area contributed by atoms with E-state index in [4.69, 9.17) is 0 Å². The topological polar surface area (TPSA) is 40.5 Å². The molecule has 2 heteroatoms. The first-order chi connectivity index (χ1) is 13.0. The van der Waals surface area contributed by atoms with Crippen molar-refractivity contribution in [2.75, 3.05) is 0 Å². The molecule has 1 atom stereocenters. The quantitative estimate of drug-likeness (QED) is 0.385. The van der Waals surface area contributed by atoms with Crippen LogP contribution in [0.3, 0.4) is 0 Å². The monoisotopic (exact) mass is 370 g/mol. The molecule has 0 heterocycles. The summed E-state index contributed by atoms with van der Waals surface area (Å²) in [5, 5.41) is 23.3. The Morgan fingerprint density at radius 1 is 0.852 bits per heavy atom. The Bertz CT molecular complexity index is 690. The van der Waals surface area contributed by atoms with Crippen molar-refractivity contribution in [3.05, 3.63) is 41.5 Å². The smallest absolute Gasteiger partial charge is 0.123 e. The molecule has 1 unspecified atom stereocenters. The Morgan fingerprint density at radius 3 is 2.15 bits per heavy atom. The average molecular weight is 371 g/mol. The first kappa shape index (κ1) is 21.8. The number of unbranched alkanes of at least 4 members (excludes halogenated alkanes) is 6. The van der Waals surface area contributed by atoms with Crippen LogP contribution in [0.1, 0.15) is 95.8 Å². The van der Waals surface area contributed by atoms with Crippen LogP contribution < -0.4 is 0 Å². The van der Waals surface area contributed by atoms with Crippen molar-refractivity contribution in [2.45, 2.75) is 91.1 Å². The van der Waals surface area contributed by atoms with Gasteiger partial charge in [-0.3, -0.25) is 0 Å². The van der Waals surface area contributed by atoms with Gasteiger partial charge in [0.05, 0.1) is 6.10 Å². The van der Waals surface area contributed by atoms with Crippen LogP contribution in [-0.2, 0) is 6.42 Å². The molecule has 0 radical (unpaired) electrons. The number of aliphatic hydroxyl groups is 1. The van der Waals surface area contributed by atoms with Crippen molar-refractivity contribution in [3.8, 4) is 5.75 Å². The highest BCUT2D eigenvalue weighted by Gasteiger charge is 2.18. The molecule has 0 amide bonds. The molecular formula is C25H38O2. The number of phenolic OH excluding ortho intramolecular Hbond substituents is 1. The van der Waals surface area contributed by atoms with Gasteiger partial charge in [-0.05, 0) is 54.2 Å². The zero-order chi connectivity index (χ0) is 19.6. The highest BCUT2D eigenvalue weighted by molar-refractivity contribution is 5.92. The molecule has 2 N–H and O–H groups in total. The van der Waals surface area contributed by atoms with Gasteiger partial charge in [-0.15, -0.1) is 0 Å². The third kappa shape index (κ3) is 6.53. The minimum Gasteiger partial charge on any atom is -0.507 e. The van der Waals surface area contributed by atoms with E-state index in [1.165, 1.54) is 44.1 Å². The number of aromatic hydroxyl groups is 1. The van der Waals surface area contributed by atoms with Gasteiger partial charge in [0.1, 0.15) is 5.75 Å². The van der Waals surface area contributed by atoms with Gasteiger partial charge in [-0.25, -0.2) is 0 Å². The van der Waals surface area contributed by atoms with Crippen LogP contribution in [0, 0.1) is 5.92 Å². The average Bonchev–Trinajstić information content (AvgIpc) is 2.66. The molecule has 0 saturated heterocycles. The van der Waals surface area contributed by atoms with E-state index in [0.717, 1.165) is 42.0 Å². The number of benzene rings is 2. The summed E-state index contributed by atoms with van der Waals surface area (Å²) < 4.78 is 0. The maximum absolute atomic E-state index is 10.8. The van der Waals surface area contributed by atoms with Crippen molar-refractivity contribution >= 4 is 10.8 Å². The molecule has 2 aromatic rings. The van der Waals surface area contributed by atoms with Crippen LogP contribution in [0.5, 0.6) is 5.75 Å². The Balaban J connectivity index is 2.15. The van der Waals surface area contributed by atoms with Crippen molar-refractivity contribution in [3.63, 3.8) is 0 Å². The second kappa shape index (κ2) is 11.3. The molecule has 0 fully saturated rings. The fourth-order valence-electron chi connectivity index (χ4n) is 3.92. The fraction of sp³-hybridized carbons (Fsp3) is 0.600. The Hall–Kier alpha value is -1.54. The van der Waals surface area contributed by atoms with Gasteiger partial charge in [-0.1, -0.05) is 83.6 Å². The lowest BCUT2D eigenvalue weighted by Crippen LogP contribution is -2.05. The molecule has 0 spiro atoms. The number of rotatable bonds is 12. The second-order valence-electron chi connectivity index (χ2n) is 8.37. The lowest BCUT2D eigenvalue weighted by atomic mass is 9.89. The van der Waals surface area contributed by atoms with Crippen molar-refractivity contribution in [1.29, 1.82) is 0 Å². The molecule has 0 aliphatic heterocycles. The van der Waals surface area contributed by atoms with Crippen molar-refractivity contribution < 1.29 is 10.2 Å². The molecule has 2 rings (SSSR count). The lowest BCUT2D eigenvalue weighted by molar-refractivity contribution is 0.158. The van der Waals surface area contributed by atoms with Crippen LogP contribution in [0.2, 0.25) is 0 Å². The zero-order valence-corrected chi connectivity index (χ0v) is 17.5. The van der Waals surface area contributed by atoms with E-state index in [2.05, 4.69) is 26.8 Å². The van der Waals surface area contributed by atoms with E-state index < -0.39 is 6.10 Å². The lowest BCUT2D eigenvalue weighted by Gasteiger charge is -2.20. The third-order valence-corrected chi connectivity index (χ3v) is 5.58. The number of aliphatic hydroxyl groups excluding tert-OH is 1. The summed E-state index contributed by atoms with van der Waals surface area (Å²) >= 11 is 0. The Morgan fingerprint density at radius 2 is 1.48 bits per heavy atom. The summed E-state index contributed by atoms with van der Waals surface area (Å²) in [6.07, 6.45) is 11.2. The van der Waals surface area contributed by atoms with E-state index in [1.807, 2.05) is 24.3 Å². The standard InChI is InChI=1S/C25H38O2/c1-4-5-6-7-8-9-10-13-21-20-14-11-12-15-22(20)25(27)18-23(21)24(26)17-16-19(2)3/h11-12,14-15,18-19,24,26-27H,4-10,13,16-17H2,1-3H3. The molecule has 0 aliphatic carbocycles. The second-order valence-corrected chi connectivity index (χ2v) is 8.37. The Kier molecular flexibility index (Phi) is 9.14. The van der Waals surface area contributed by atoms with Crippen LogP contribution in [-0.4, -0.2) is 10.2 Å². The highest BCUT2D eigenvalue weighted by atomic mass is 16.3. The largest absolute Gasteiger partial charge is 0.507 e. The van der Waals surface area contributed by atoms with E-state index in [0.29, 0.717) is 5.92 Å². The molecular weight excluding hydrogens is 332 g/mol. The number of aryl methyl sites for hydroxylation is 1. The normalized spacial score (nSPS) is 12.8. The SMILES string of the molecule is CCCCCCCCCc1c(C(O)CCC(C)C)cc(O)c2ccccc12. The van der Waals surface area contributed by atoms with E-state index in [9.17, 15) is 10.2 Å². The third-order valence-electron chi connectivity index (χ3n) is 5.58. The maximum atomic E-state index is 10.8. The molecule has 27 heavy (non-hydrogen) atoms. The number of fused-ring (bicyclic) bond motifs is 1. The van der Waals surface area contributed by atoms with Crippen LogP contribution in [0.25, 0.3) is 10.8 Å². The highest BCUT2D eigenvalue weighted by Crippen LogP contribution is 2.36. The Labute approximate surface area is 165 Å². The van der Waals surface area contributed by atoms with Gasteiger partial charge < -0.3 is 10.2 Å². The van der Waals surface area contributed by atoms with Gasteiger partial charge in [0.25, 0.3) is 0 Å². The summed E-state index contributed by atoms with van der Waals surface area (Å²) in [6, 6.07) is 9.87. The first-order valence-electron chi connectivity index (χ1n) is 11.0. The maximum Gasteiger partial charge on any atom is 0.123 e.